The number of rotatable bonds is 2. The molecular weight excluding hydrogens is 182 g/mol. The molecule has 0 fully saturated rings. The summed E-state index contributed by atoms with van der Waals surface area (Å²) in [5.41, 5.74) is 1.13. The molecule has 0 heterocycles. The fourth-order valence-electron chi connectivity index (χ4n) is 1.14. The van der Waals surface area contributed by atoms with Gasteiger partial charge in [0, 0.05) is 0 Å². The lowest BCUT2D eigenvalue weighted by molar-refractivity contribution is 0.0693. The third-order valence-electron chi connectivity index (χ3n) is 1.90. The van der Waals surface area contributed by atoms with E-state index >= 15 is 0 Å². The second-order valence-corrected chi connectivity index (χ2v) is 2.78. The summed E-state index contributed by atoms with van der Waals surface area (Å²) in [5.74, 6) is -0.853. The van der Waals surface area contributed by atoms with Crippen molar-refractivity contribution < 1.29 is 14.6 Å². The van der Waals surface area contributed by atoms with Crippen molar-refractivity contribution in [1.29, 1.82) is 5.26 Å². The lowest BCUT2D eigenvalue weighted by atomic mass is 10.0. The number of aromatic carboxylic acids is 1. The third-order valence-corrected chi connectivity index (χ3v) is 1.90. The zero-order valence-electron chi connectivity index (χ0n) is 7.87. The number of methoxy groups -OCH3 is 1. The molecule has 0 aliphatic carbocycles. The smallest absolute Gasteiger partial charge is 0.339 e. The summed E-state index contributed by atoms with van der Waals surface area (Å²) in [6, 6.07) is 4.82. The molecule has 0 unspecified atom stereocenters. The van der Waals surface area contributed by atoms with Gasteiger partial charge in [0.25, 0.3) is 0 Å². The Balaban J connectivity index is 3.41. The molecular formula is C10H9NO3. The van der Waals surface area contributed by atoms with Crippen LogP contribution in [0.1, 0.15) is 21.5 Å². The second-order valence-electron chi connectivity index (χ2n) is 2.78. The first-order valence-corrected chi connectivity index (χ1v) is 3.92. The van der Waals surface area contributed by atoms with Crippen LogP contribution in [0.25, 0.3) is 0 Å². The van der Waals surface area contributed by atoms with Crippen molar-refractivity contribution >= 4 is 5.97 Å². The van der Waals surface area contributed by atoms with Crippen LogP contribution in [0.15, 0.2) is 12.1 Å². The predicted molar refractivity (Wildman–Crippen MR) is 49.4 cm³/mol. The van der Waals surface area contributed by atoms with Crippen molar-refractivity contribution in [3.8, 4) is 11.8 Å². The Bertz CT molecular complexity index is 418. The van der Waals surface area contributed by atoms with E-state index < -0.39 is 5.97 Å². The molecule has 0 bridgehead atoms. The first-order valence-electron chi connectivity index (χ1n) is 3.92. The van der Waals surface area contributed by atoms with E-state index in [9.17, 15) is 4.79 Å². The van der Waals surface area contributed by atoms with E-state index in [2.05, 4.69) is 0 Å². The number of carboxylic acids is 1. The van der Waals surface area contributed by atoms with Crippen molar-refractivity contribution in [1.82, 2.24) is 0 Å². The van der Waals surface area contributed by atoms with Gasteiger partial charge in [-0.3, -0.25) is 0 Å². The van der Waals surface area contributed by atoms with Gasteiger partial charge in [0.05, 0.1) is 18.7 Å². The number of aryl methyl sites for hydroxylation is 1. The molecule has 72 valence electrons. The minimum absolute atomic E-state index is 0.0731. The van der Waals surface area contributed by atoms with Gasteiger partial charge < -0.3 is 9.84 Å². The van der Waals surface area contributed by atoms with E-state index in [0.29, 0.717) is 11.1 Å². The standard InChI is InChI=1S/C10H9NO3/c1-6-3-8(10(12)13)9(14-2)4-7(6)5-11/h3-4H,1-2H3,(H,12,13). The summed E-state index contributed by atoms with van der Waals surface area (Å²) in [5, 5.41) is 17.5. The summed E-state index contributed by atoms with van der Waals surface area (Å²) in [4.78, 5) is 10.8. The molecule has 0 amide bonds. The average molecular weight is 191 g/mol. The number of carbonyl (C=O) groups is 1. The molecule has 0 spiro atoms. The molecule has 0 saturated carbocycles. The third kappa shape index (κ3) is 1.67. The van der Waals surface area contributed by atoms with Crippen LogP contribution in [-0.2, 0) is 0 Å². The molecule has 1 rings (SSSR count). The lowest BCUT2D eigenvalue weighted by Gasteiger charge is -2.06. The minimum Gasteiger partial charge on any atom is -0.496 e. The van der Waals surface area contributed by atoms with Crippen molar-refractivity contribution in [3.05, 3.63) is 28.8 Å². The molecule has 0 atom stereocenters. The van der Waals surface area contributed by atoms with Gasteiger partial charge in [0.2, 0.25) is 0 Å². The molecule has 1 aromatic carbocycles. The Morgan fingerprint density at radius 2 is 2.21 bits per heavy atom. The molecule has 0 saturated heterocycles. The first kappa shape index (κ1) is 10.1. The molecule has 0 radical (unpaired) electrons. The zero-order valence-corrected chi connectivity index (χ0v) is 7.87. The quantitative estimate of drug-likeness (QED) is 0.770. The summed E-state index contributed by atoms with van der Waals surface area (Å²) >= 11 is 0. The van der Waals surface area contributed by atoms with Crippen LogP contribution in [-0.4, -0.2) is 18.2 Å². The van der Waals surface area contributed by atoms with Gasteiger partial charge >= 0.3 is 5.97 Å². The Morgan fingerprint density at radius 1 is 1.57 bits per heavy atom. The van der Waals surface area contributed by atoms with Gasteiger partial charge in [-0.25, -0.2) is 4.79 Å². The number of nitrogens with zero attached hydrogens (tertiary/aromatic N) is 1. The van der Waals surface area contributed by atoms with Crippen LogP contribution in [0.5, 0.6) is 5.75 Å². The van der Waals surface area contributed by atoms with E-state index in [-0.39, 0.29) is 11.3 Å². The van der Waals surface area contributed by atoms with Gasteiger partial charge in [-0.2, -0.15) is 5.26 Å². The Hall–Kier alpha value is -2.02. The van der Waals surface area contributed by atoms with Crippen LogP contribution < -0.4 is 4.74 Å². The maximum absolute atomic E-state index is 10.8. The van der Waals surface area contributed by atoms with Crippen LogP contribution in [0.2, 0.25) is 0 Å². The topological polar surface area (TPSA) is 70.3 Å². The highest BCUT2D eigenvalue weighted by atomic mass is 16.5. The summed E-state index contributed by atoms with van der Waals surface area (Å²) < 4.78 is 4.87. The Labute approximate surface area is 81.4 Å². The van der Waals surface area contributed by atoms with Crippen molar-refractivity contribution in [2.75, 3.05) is 7.11 Å². The highest BCUT2D eigenvalue weighted by Gasteiger charge is 2.13. The van der Waals surface area contributed by atoms with E-state index in [1.807, 2.05) is 6.07 Å². The molecule has 0 aliphatic heterocycles. The molecule has 14 heavy (non-hydrogen) atoms. The zero-order chi connectivity index (χ0) is 10.7. The average Bonchev–Trinajstić information content (AvgIpc) is 2.17. The van der Waals surface area contributed by atoms with Gasteiger partial charge in [0.15, 0.2) is 0 Å². The molecule has 0 aliphatic rings. The Morgan fingerprint density at radius 3 is 2.64 bits per heavy atom. The number of nitriles is 1. The van der Waals surface area contributed by atoms with Gasteiger partial charge in [-0.1, -0.05) is 0 Å². The summed E-state index contributed by atoms with van der Waals surface area (Å²) in [6.45, 7) is 1.68. The SMILES string of the molecule is COc1cc(C#N)c(C)cc1C(=O)O. The molecule has 0 aromatic heterocycles. The molecule has 1 aromatic rings. The largest absolute Gasteiger partial charge is 0.496 e. The fraction of sp³-hybridized carbons (Fsp3) is 0.200. The van der Waals surface area contributed by atoms with Crippen molar-refractivity contribution in [2.24, 2.45) is 0 Å². The normalized spacial score (nSPS) is 9.21. The van der Waals surface area contributed by atoms with E-state index in [4.69, 9.17) is 15.1 Å². The Kier molecular flexibility index (Phi) is 2.73. The van der Waals surface area contributed by atoms with E-state index in [1.54, 1.807) is 6.92 Å². The number of ether oxygens (including phenoxy) is 1. The second kappa shape index (κ2) is 3.79. The molecule has 1 N–H and O–H groups in total. The molecule has 4 heteroatoms. The number of hydrogen-bond donors (Lipinski definition) is 1. The van der Waals surface area contributed by atoms with Crippen molar-refractivity contribution in [2.45, 2.75) is 6.92 Å². The first-order chi connectivity index (χ1) is 6.60. The van der Waals surface area contributed by atoms with E-state index in [0.717, 1.165) is 0 Å². The predicted octanol–water partition coefficient (Wildman–Crippen LogP) is 1.57. The van der Waals surface area contributed by atoms with Gasteiger partial charge in [0.1, 0.15) is 11.3 Å². The monoisotopic (exact) mass is 191 g/mol. The van der Waals surface area contributed by atoms with Gasteiger partial charge in [-0.05, 0) is 24.6 Å². The maximum Gasteiger partial charge on any atom is 0.339 e. The van der Waals surface area contributed by atoms with Crippen molar-refractivity contribution in [3.63, 3.8) is 0 Å². The van der Waals surface area contributed by atoms with Crippen LogP contribution in [0, 0.1) is 18.3 Å². The fourth-order valence-corrected chi connectivity index (χ4v) is 1.14. The van der Waals surface area contributed by atoms with Crippen LogP contribution in [0.3, 0.4) is 0 Å². The lowest BCUT2D eigenvalue weighted by Crippen LogP contribution is -2.02. The summed E-state index contributed by atoms with van der Waals surface area (Å²) in [7, 11) is 1.37. The highest BCUT2D eigenvalue weighted by molar-refractivity contribution is 5.91. The van der Waals surface area contributed by atoms with Crippen LogP contribution in [0.4, 0.5) is 0 Å². The minimum atomic E-state index is -1.06. The maximum atomic E-state index is 10.8. The number of carboxylic acid groups (broad SMARTS) is 1. The van der Waals surface area contributed by atoms with Crippen LogP contribution >= 0.6 is 0 Å². The van der Waals surface area contributed by atoms with Gasteiger partial charge in [-0.15, -0.1) is 0 Å². The number of hydrogen-bond acceptors (Lipinski definition) is 3. The highest BCUT2D eigenvalue weighted by Crippen LogP contribution is 2.22. The molecule has 4 nitrogen and oxygen atoms in total. The number of benzene rings is 1. The van der Waals surface area contributed by atoms with E-state index in [1.165, 1.54) is 19.2 Å². The summed E-state index contributed by atoms with van der Waals surface area (Å²) in [6.07, 6.45) is 0.